The van der Waals surface area contributed by atoms with Crippen LogP contribution in [0, 0.1) is 0 Å². The van der Waals surface area contributed by atoms with Crippen LogP contribution in [-0.4, -0.2) is 61.7 Å². The van der Waals surface area contributed by atoms with Crippen LogP contribution in [0.1, 0.15) is 79.7 Å². The average molecular weight is 838 g/mol. The molecule has 318 valence electrons. The van der Waals surface area contributed by atoms with Gasteiger partial charge in [0.2, 0.25) is 0 Å². The Bertz CT molecular complexity index is 2010. The molecule has 0 radical (unpaired) electrons. The fraction of sp³-hybridized carbons (Fsp3) is 0.535. The summed E-state index contributed by atoms with van der Waals surface area (Å²) >= 11 is 0. The third-order valence-corrected chi connectivity index (χ3v) is 19.7. The van der Waals surface area contributed by atoms with Crippen LogP contribution in [0.15, 0.2) is 94.3 Å². The van der Waals surface area contributed by atoms with Gasteiger partial charge in [-0.15, -0.1) is 0 Å². The van der Waals surface area contributed by atoms with Crippen molar-refractivity contribution in [3.63, 3.8) is 0 Å². The number of esters is 1. The quantitative estimate of drug-likeness (QED) is 0.0963. The summed E-state index contributed by atoms with van der Waals surface area (Å²) in [6.07, 6.45) is -2.05. The highest BCUT2D eigenvalue weighted by molar-refractivity contribution is 6.74. The molecule has 1 aliphatic rings. The monoisotopic (exact) mass is 837 g/mol. The number of benzene rings is 2. The first-order valence-electron chi connectivity index (χ1n) is 19.7. The lowest BCUT2D eigenvalue weighted by molar-refractivity contribution is -0.150. The number of ether oxygens (including phenoxy) is 4. The summed E-state index contributed by atoms with van der Waals surface area (Å²) < 4.78 is 40.5. The SMILES string of the molecule is CC(C)(C)OC(=O)/C(=C\[C@H]1O[C@@H](n2ccc(=O)n(COCc3ccccc3)c2=O)[C@H](O[Si](C)(C)C(C)(C)C)[C@@H]1O[Si](C)(C)C(C)(C)C)NC(=O)OCc1ccccc1. The van der Waals surface area contributed by atoms with Gasteiger partial charge in [-0.2, -0.15) is 0 Å². The van der Waals surface area contributed by atoms with Gasteiger partial charge in [0.1, 0.15) is 42.9 Å². The van der Waals surface area contributed by atoms with E-state index in [9.17, 15) is 19.2 Å². The van der Waals surface area contributed by atoms with Crippen molar-refractivity contribution in [2.24, 2.45) is 0 Å². The molecule has 15 heteroatoms. The number of amides is 1. The Labute approximate surface area is 344 Å². The van der Waals surface area contributed by atoms with E-state index in [1.54, 1.807) is 20.8 Å². The van der Waals surface area contributed by atoms with Gasteiger partial charge in [-0.1, -0.05) is 102 Å². The van der Waals surface area contributed by atoms with E-state index in [0.29, 0.717) is 0 Å². The Kier molecular flexibility index (Phi) is 14.8. The molecule has 0 unspecified atom stereocenters. The third kappa shape index (κ3) is 12.2. The number of hydrogen-bond acceptors (Lipinski definition) is 10. The van der Waals surface area contributed by atoms with Gasteiger partial charge in [-0.3, -0.25) is 14.7 Å². The molecule has 4 atom stereocenters. The molecule has 58 heavy (non-hydrogen) atoms. The van der Waals surface area contributed by atoms with E-state index < -0.39 is 70.1 Å². The molecule has 4 rings (SSSR count). The van der Waals surface area contributed by atoms with Crippen LogP contribution in [0.3, 0.4) is 0 Å². The van der Waals surface area contributed by atoms with Gasteiger partial charge in [0.05, 0.1) is 6.61 Å². The van der Waals surface area contributed by atoms with Crippen LogP contribution in [0.5, 0.6) is 0 Å². The smallest absolute Gasteiger partial charge is 0.412 e. The summed E-state index contributed by atoms with van der Waals surface area (Å²) in [7, 11) is -5.31. The van der Waals surface area contributed by atoms with E-state index in [4.69, 9.17) is 27.8 Å². The van der Waals surface area contributed by atoms with Crippen molar-refractivity contribution in [2.45, 2.75) is 149 Å². The van der Waals surface area contributed by atoms with Gasteiger partial charge in [0, 0.05) is 12.3 Å². The van der Waals surface area contributed by atoms with Gasteiger partial charge < -0.3 is 27.8 Å². The zero-order valence-corrected chi connectivity index (χ0v) is 38.4. The Balaban J connectivity index is 1.86. The molecule has 1 fully saturated rings. The average Bonchev–Trinajstić information content (AvgIpc) is 3.41. The van der Waals surface area contributed by atoms with Crippen molar-refractivity contribution in [3.05, 3.63) is 117 Å². The fourth-order valence-corrected chi connectivity index (χ4v) is 8.10. The second kappa shape index (κ2) is 18.4. The van der Waals surface area contributed by atoms with Crippen LogP contribution in [0.2, 0.25) is 36.3 Å². The van der Waals surface area contributed by atoms with Crippen molar-refractivity contribution in [1.29, 1.82) is 0 Å². The van der Waals surface area contributed by atoms with Crippen LogP contribution >= 0.6 is 0 Å². The molecule has 0 bridgehead atoms. The molecular weight excluding hydrogens is 775 g/mol. The predicted molar refractivity (Wildman–Crippen MR) is 228 cm³/mol. The summed E-state index contributed by atoms with van der Waals surface area (Å²) in [5, 5.41) is 2.06. The minimum atomic E-state index is -2.66. The maximum Gasteiger partial charge on any atom is 0.412 e. The van der Waals surface area contributed by atoms with Gasteiger partial charge in [-0.25, -0.2) is 19.0 Å². The van der Waals surface area contributed by atoms with Crippen LogP contribution in [-0.2, 0) is 52.5 Å². The lowest BCUT2D eigenvalue weighted by Gasteiger charge is -2.44. The van der Waals surface area contributed by atoms with Gasteiger partial charge >= 0.3 is 17.8 Å². The van der Waals surface area contributed by atoms with E-state index in [1.165, 1.54) is 22.9 Å². The van der Waals surface area contributed by atoms with E-state index in [1.807, 2.05) is 60.7 Å². The zero-order chi connectivity index (χ0) is 43.3. The number of nitrogens with one attached hydrogen (secondary N) is 1. The molecule has 2 aromatic carbocycles. The number of nitrogens with zero attached hydrogens (tertiary/aromatic N) is 2. The van der Waals surface area contributed by atoms with E-state index >= 15 is 0 Å². The predicted octanol–water partition coefficient (Wildman–Crippen LogP) is 8.01. The summed E-state index contributed by atoms with van der Waals surface area (Å²) in [6, 6.07) is 19.9. The maximum atomic E-state index is 14.3. The number of alkyl carbamates (subject to hydrolysis) is 1. The molecule has 0 spiro atoms. The van der Waals surface area contributed by atoms with Gasteiger partial charge in [0.15, 0.2) is 22.9 Å². The summed E-state index contributed by atoms with van der Waals surface area (Å²) in [5.41, 5.74) is -0.745. The normalized spacial score (nSPS) is 19.5. The maximum absolute atomic E-state index is 14.3. The number of carbonyl (C=O) groups excluding carboxylic acids is 2. The second-order valence-electron chi connectivity index (χ2n) is 18.7. The molecule has 0 aliphatic carbocycles. The molecule has 1 aromatic heterocycles. The molecular formula is C43H63N3O10Si2. The molecule has 13 nitrogen and oxygen atoms in total. The van der Waals surface area contributed by atoms with Crippen molar-refractivity contribution < 1.29 is 37.4 Å². The first-order chi connectivity index (χ1) is 26.8. The van der Waals surface area contributed by atoms with E-state index in [-0.39, 0.29) is 35.7 Å². The zero-order valence-electron chi connectivity index (χ0n) is 36.4. The number of aromatic nitrogens is 2. The van der Waals surface area contributed by atoms with Gasteiger partial charge in [-0.05, 0) is 74.2 Å². The Morgan fingerprint density at radius 3 is 1.79 bits per heavy atom. The highest BCUT2D eigenvalue weighted by atomic mass is 28.4. The van der Waals surface area contributed by atoms with Crippen molar-refractivity contribution in [3.8, 4) is 0 Å². The van der Waals surface area contributed by atoms with Crippen LogP contribution < -0.4 is 16.6 Å². The number of rotatable bonds is 14. The first kappa shape index (κ1) is 46.6. The Morgan fingerprint density at radius 2 is 1.28 bits per heavy atom. The minimum absolute atomic E-state index is 0.0382. The van der Waals surface area contributed by atoms with Crippen LogP contribution in [0.25, 0.3) is 0 Å². The highest BCUT2D eigenvalue weighted by Crippen LogP contribution is 2.46. The Hall–Kier alpha value is -4.13. The van der Waals surface area contributed by atoms with Gasteiger partial charge in [0.25, 0.3) is 5.56 Å². The fourth-order valence-electron chi connectivity index (χ4n) is 5.52. The molecule has 1 N–H and O–H groups in total. The van der Waals surface area contributed by atoms with E-state index in [2.05, 4.69) is 73.0 Å². The van der Waals surface area contributed by atoms with E-state index in [0.717, 1.165) is 15.7 Å². The highest BCUT2D eigenvalue weighted by Gasteiger charge is 2.54. The number of hydrogen-bond donors (Lipinski definition) is 1. The molecule has 1 aliphatic heterocycles. The lowest BCUT2D eigenvalue weighted by atomic mass is 10.1. The molecule has 3 aromatic rings. The lowest BCUT2D eigenvalue weighted by Crippen LogP contribution is -2.54. The Morgan fingerprint density at radius 1 is 0.759 bits per heavy atom. The topological polar surface area (TPSA) is 146 Å². The molecule has 0 saturated carbocycles. The summed E-state index contributed by atoms with van der Waals surface area (Å²) in [6.45, 7) is 26.0. The van der Waals surface area contributed by atoms with Crippen LogP contribution in [0.4, 0.5) is 4.79 Å². The van der Waals surface area contributed by atoms with Crippen molar-refractivity contribution in [2.75, 3.05) is 0 Å². The number of carbonyl (C=O) groups is 2. The first-order valence-corrected chi connectivity index (χ1v) is 25.5. The summed E-state index contributed by atoms with van der Waals surface area (Å²) in [4.78, 5) is 54.7. The molecule has 2 heterocycles. The molecule has 1 saturated heterocycles. The third-order valence-electron chi connectivity index (χ3n) is 10.8. The standard InChI is InChI=1S/C43H63N3O10Si2/c1-41(2,3)54-38(48)32(44-39(49)52-28-31-22-18-15-19-23-31)26-33-35(55-57(10,11)42(4,5)6)36(56-58(12,13)43(7,8)9)37(53-33)45-25-24-34(47)46(40(45)50)29-51-27-30-20-16-14-17-21-30/h14-26,33,35-37H,27-29H2,1-13H3,(H,44,49)/b32-26+/t33-,35-,36-,37-/m1/s1. The van der Waals surface area contributed by atoms with Crippen molar-refractivity contribution >= 4 is 28.7 Å². The largest absolute Gasteiger partial charge is 0.455 e. The summed E-state index contributed by atoms with van der Waals surface area (Å²) in [5.74, 6) is -0.828. The second-order valence-corrected chi connectivity index (χ2v) is 28.2. The van der Waals surface area contributed by atoms with Crippen molar-refractivity contribution in [1.82, 2.24) is 14.5 Å². The molecule has 1 amide bonds. The minimum Gasteiger partial charge on any atom is -0.455 e.